The van der Waals surface area contributed by atoms with Crippen molar-refractivity contribution in [2.45, 2.75) is 26.8 Å². The number of amides is 2. The Labute approximate surface area is 196 Å². The molecule has 0 bridgehead atoms. The first-order valence-corrected chi connectivity index (χ1v) is 10.8. The maximum atomic E-state index is 13.3. The number of fused-ring (bicyclic) bond motifs is 1. The first-order valence-electron chi connectivity index (χ1n) is 10.8. The van der Waals surface area contributed by atoms with Crippen molar-refractivity contribution in [3.63, 3.8) is 0 Å². The summed E-state index contributed by atoms with van der Waals surface area (Å²) in [4.78, 5) is 32.6. The third-order valence-electron chi connectivity index (χ3n) is 5.70. The highest BCUT2D eigenvalue weighted by Gasteiger charge is 2.22. The number of carbonyl (C=O) groups is 2. The van der Waals surface area contributed by atoms with Crippen molar-refractivity contribution in [2.24, 2.45) is 7.05 Å². The highest BCUT2D eigenvalue weighted by atomic mass is 16.6. The summed E-state index contributed by atoms with van der Waals surface area (Å²) in [6.45, 7) is 4.00. The molecule has 2 amide bonds. The fourth-order valence-corrected chi connectivity index (χ4v) is 3.87. The first-order chi connectivity index (χ1) is 16.3. The second-order valence-electron chi connectivity index (χ2n) is 7.94. The number of rotatable bonds is 7. The second-order valence-corrected chi connectivity index (χ2v) is 7.94. The lowest BCUT2D eigenvalue weighted by Gasteiger charge is -2.17. The number of nitrogens with one attached hydrogen (secondary N) is 1. The van der Waals surface area contributed by atoms with Crippen molar-refractivity contribution in [3.8, 4) is 5.75 Å². The van der Waals surface area contributed by atoms with Crippen LogP contribution in [0, 0.1) is 6.92 Å². The number of benzene rings is 2. The minimum absolute atomic E-state index is 0.234. The largest absolute Gasteiger partial charge is 0.496 e. The number of carbonyl (C=O) groups excluding carboxylic acids is 2. The van der Waals surface area contributed by atoms with Crippen molar-refractivity contribution in [3.05, 3.63) is 64.7 Å². The van der Waals surface area contributed by atoms with E-state index in [0.717, 1.165) is 11.3 Å². The summed E-state index contributed by atoms with van der Waals surface area (Å²) in [7, 11) is 5.07. The highest BCUT2D eigenvalue weighted by Crippen LogP contribution is 2.29. The smallest absolute Gasteiger partial charge is 0.259 e. The molecule has 1 N–H and O–H groups in total. The zero-order chi connectivity index (χ0) is 24.4. The summed E-state index contributed by atoms with van der Waals surface area (Å²) in [5, 5.41) is 10.6. The number of nitrogens with zero attached hydrogens (tertiary/aromatic N) is 5. The average molecular weight is 463 g/mol. The zero-order valence-electron chi connectivity index (χ0n) is 19.7. The summed E-state index contributed by atoms with van der Waals surface area (Å²) >= 11 is 0. The summed E-state index contributed by atoms with van der Waals surface area (Å²) in [6, 6.07) is 10.4. The summed E-state index contributed by atoms with van der Waals surface area (Å²) < 4.78 is 12.0. The van der Waals surface area contributed by atoms with Crippen LogP contribution in [0.1, 0.15) is 44.9 Å². The van der Waals surface area contributed by atoms with E-state index in [1.807, 2.05) is 18.5 Å². The lowest BCUT2D eigenvalue weighted by Crippen LogP contribution is -2.27. The lowest BCUT2D eigenvalue weighted by atomic mass is 10.1. The van der Waals surface area contributed by atoms with Crippen LogP contribution in [0.2, 0.25) is 0 Å². The van der Waals surface area contributed by atoms with Crippen LogP contribution in [-0.4, -0.2) is 50.7 Å². The van der Waals surface area contributed by atoms with Gasteiger partial charge in [-0.2, -0.15) is 0 Å². The van der Waals surface area contributed by atoms with Crippen LogP contribution in [0.4, 0.5) is 5.69 Å². The zero-order valence-corrected chi connectivity index (χ0v) is 19.7. The maximum Gasteiger partial charge on any atom is 0.259 e. The number of hydrogen-bond acceptors (Lipinski definition) is 7. The van der Waals surface area contributed by atoms with Gasteiger partial charge in [-0.25, -0.2) is 9.61 Å². The Morgan fingerprint density at radius 2 is 1.97 bits per heavy atom. The quantitative estimate of drug-likeness (QED) is 0.448. The minimum Gasteiger partial charge on any atom is -0.496 e. The standard InChI is InChI=1S/C24H26N6O4/c1-6-21-25-17-11-15(24(32)29(3)13-19-14(2)27-34-28-19)12-18(22(17)30(21)4)26-23(31)16-9-7-8-10-20(16)33-5/h7-12H,6,13H2,1-5H3,(H,26,31). The van der Waals surface area contributed by atoms with Gasteiger partial charge in [0.25, 0.3) is 11.8 Å². The van der Waals surface area contributed by atoms with E-state index in [1.54, 1.807) is 50.4 Å². The van der Waals surface area contributed by atoms with Crippen LogP contribution in [0.25, 0.3) is 11.0 Å². The molecular weight excluding hydrogens is 436 g/mol. The van der Waals surface area contributed by atoms with E-state index < -0.39 is 0 Å². The number of hydrogen-bond donors (Lipinski definition) is 1. The summed E-state index contributed by atoms with van der Waals surface area (Å²) in [5.41, 5.74) is 3.81. The normalized spacial score (nSPS) is 11.0. The molecule has 34 heavy (non-hydrogen) atoms. The second kappa shape index (κ2) is 9.34. The average Bonchev–Trinajstić information content (AvgIpc) is 3.40. The number of methoxy groups -OCH3 is 1. The van der Waals surface area contributed by atoms with E-state index in [-0.39, 0.29) is 18.4 Å². The SMILES string of the molecule is CCc1nc2cc(C(=O)N(C)Cc3nonc3C)cc(NC(=O)c3ccccc3OC)c2n1C. The van der Waals surface area contributed by atoms with E-state index in [0.29, 0.717) is 45.9 Å². The topological polar surface area (TPSA) is 115 Å². The van der Waals surface area contributed by atoms with Crippen molar-refractivity contribution in [2.75, 3.05) is 19.5 Å². The highest BCUT2D eigenvalue weighted by molar-refractivity contribution is 6.11. The molecule has 0 fully saturated rings. The molecular formula is C24H26N6O4. The van der Waals surface area contributed by atoms with E-state index in [4.69, 9.17) is 9.37 Å². The predicted molar refractivity (Wildman–Crippen MR) is 126 cm³/mol. The van der Waals surface area contributed by atoms with Gasteiger partial charge in [0.15, 0.2) is 0 Å². The van der Waals surface area contributed by atoms with Crippen LogP contribution in [0.15, 0.2) is 41.0 Å². The molecule has 0 spiro atoms. The fraction of sp³-hybridized carbons (Fsp3) is 0.292. The number of ether oxygens (including phenoxy) is 1. The van der Waals surface area contributed by atoms with E-state index in [9.17, 15) is 9.59 Å². The molecule has 10 nitrogen and oxygen atoms in total. The number of aryl methyl sites for hydroxylation is 3. The minimum atomic E-state index is -0.347. The van der Waals surface area contributed by atoms with Crippen molar-refractivity contribution < 1.29 is 19.0 Å². The Kier molecular flexibility index (Phi) is 6.31. The number of imidazole rings is 1. The maximum absolute atomic E-state index is 13.3. The van der Waals surface area contributed by atoms with Crippen LogP contribution in [-0.2, 0) is 20.0 Å². The van der Waals surface area contributed by atoms with Gasteiger partial charge in [-0.15, -0.1) is 0 Å². The fourth-order valence-electron chi connectivity index (χ4n) is 3.87. The Balaban J connectivity index is 1.74. The van der Waals surface area contributed by atoms with Crippen LogP contribution in [0.5, 0.6) is 5.75 Å². The molecule has 0 saturated carbocycles. The predicted octanol–water partition coefficient (Wildman–Crippen LogP) is 3.36. The third kappa shape index (κ3) is 4.21. The number of para-hydroxylation sites is 1. The molecule has 2 aromatic carbocycles. The lowest BCUT2D eigenvalue weighted by molar-refractivity contribution is 0.0781. The molecule has 2 aromatic heterocycles. The molecule has 0 aliphatic rings. The Hall–Kier alpha value is -4.21. The Bertz CT molecular complexity index is 1370. The third-order valence-corrected chi connectivity index (χ3v) is 5.70. The molecule has 0 aliphatic carbocycles. The van der Waals surface area contributed by atoms with E-state index >= 15 is 0 Å². The van der Waals surface area contributed by atoms with Gasteiger partial charge < -0.3 is 19.5 Å². The molecule has 10 heteroatoms. The summed E-state index contributed by atoms with van der Waals surface area (Å²) in [5.74, 6) is 0.699. The molecule has 0 saturated heterocycles. The van der Waals surface area contributed by atoms with Crippen LogP contribution >= 0.6 is 0 Å². The van der Waals surface area contributed by atoms with Crippen molar-refractivity contribution in [1.82, 2.24) is 24.8 Å². The molecule has 0 aliphatic heterocycles. The summed E-state index contributed by atoms with van der Waals surface area (Å²) in [6.07, 6.45) is 0.701. The van der Waals surface area contributed by atoms with Crippen LogP contribution < -0.4 is 10.1 Å². The number of aromatic nitrogens is 4. The van der Waals surface area contributed by atoms with E-state index in [1.165, 1.54) is 12.0 Å². The molecule has 0 atom stereocenters. The van der Waals surface area contributed by atoms with Gasteiger partial charge in [-0.05, 0) is 31.2 Å². The molecule has 0 radical (unpaired) electrons. The van der Waals surface area contributed by atoms with Gasteiger partial charge in [0.1, 0.15) is 23.0 Å². The van der Waals surface area contributed by atoms with Gasteiger partial charge in [0.05, 0.1) is 35.9 Å². The molecule has 0 unspecified atom stereocenters. The molecule has 2 heterocycles. The first kappa shape index (κ1) is 23.0. The number of anilines is 1. The van der Waals surface area contributed by atoms with Crippen LogP contribution in [0.3, 0.4) is 0 Å². The van der Waals surface area contributed by atoms with Crippen molar-refractivity contribution >= 4 is 28.5 Å². The van der Waals surface area contributed by atoms with E-state index in [2.05, 4.69) is 20.6 Å². The molecule has 4 aromatic rings. The monoisotopic (exact) mass is 462 g/mol. The van der Waals surface area contributed by atoms with Gasteiger partial charge in [-0.1, -0.05) is 29.4 Å². The van der Waals surface area contributed by atoms with Gasteiger partial charge in [0, 0.05) is 26.1 Å². The molecule has 176 valence electrons. The Morgan fingerprint density at radius 3 is 2.65 bits per heavy atom. The van der Waals surface area contributed by atoms with Crippen molar-refractivity contribution in [1.29, 1.82) is 0 Å². The molecule has 4 rings (SSSR count). The van der Waals surface area contributed by atoms with Gasteiger partial charge in [-0.3, -0.25) is 9.59 Å². The Morgan fingerprint density at radius 1 is 1.21 bits per heavy atom. The van der Waals surface area contributed by atoms with Gasteiger partial charge >= 0.3 is 0 Å². The van der Waals surface area contributed by atoms with Gasteiger partial charge in [0.2, 0.25) is 0 Å².